The van der Waals surface area contributed by atoms with Crippen molar-refractivity contribution in [2.24, 2.45) is 4.99 Å². The molecule has 0 spiro atoms. The number of alkyl carbamates (subject to hydrolysis) is 1. The van der Waals surface area contributed by atoms with E-state index in [0.29, 0.717) is 12.4 Å². The molecule has 2 heterocycles. The van der Waals surface area contributed by atoms with Crippen LogP contribution in [0.3, 0.4) is 0 Å². The van der Waals surface area contributed by atoms with E-state index in [9.17, 15) is 4.79 Å². The van der Waals surface area contributed by atoms with Gasteiger partial charge in [-0.2, -0.15) is 4.98 Å². The smallest absolute Gasteiger partial charge is 0.407 e. The third-order valence-corrected chi connectivity index (χ3v) is 4.94. The van der Waals surface area contributed by atoms with Gasteiger partial charge in [-0.3, -0.25) is 4.99 Å². The Morgan fingerprint density at radius 1 is 1.22 bits per heavy atom. The third kappa shape index (κ3) is 6.71. The number of ether oxygens (including phenoxy) is 2. The van der Waals surface area contributed by atoms with Gasteiger partial charge in [0.1, 0.15) is 12.2 Å². The number of amides is 1. The zero-order valence-electron chi connectivity index (χ0n) is 18.5. The number of hydrogen-bond acceptors (Lipinski definition) is 7. The van der Waals surface area contributed by atoms with Crippen molar-refractivity contribution in [2.75, 3.05) is 18.5 Å². The summed E-state index contributed by atoms with van der Waals surface area (Å²) in [4.78, 5) is 24.6. The monoisotopic (exact) mass is 479 g/mol. The lowest BCUT2D eigenvalue weighted by molar-refractivity contribution is 0.0494. The van der Waals surface area contributed by atoms with E-state index in [1.807, 2.05) is 24.4 Å². The highest BCUT2D eigenvalue weighted by Crippen LogP contribution is 2.35. The Balaban J connectivity index is 1.58. The summed E-state index contributed by atoms with van der Waals surface area (Å²) in [6, 6.07) is 7.73. The van der Waals surface area contributed by atoms with Crippen LogP contribution in [0.25, 0.3) is 0 Å². The number of halogens is 2. The summed E-state index contributed by atoms with van der Waals surface area (Å²) < 4.78 is 11.1. The predicted molar refractivity (Wildman–Crippen MR) is 127 cm³/mol. The summed E-state index contributed by atoms with van der Waals surface area (Å²) in [5.74, 6) is 0.881. The standard InChI is InChI=1S/C22H27Cl2N5O3/c1-13(27-21(30)32-22(2,3)4)12-31-17-18(23)28-20(24)29-19(17)25-10-9-14-11-26-16-8-6-5-7-15(14)16/h5-8,11,13-14H,9-10,12H2,1-4H3,(H,27,30)(H,25,28,29). The lowest BCUT2D eigenvalue weighted by Crippen LogP contribution is -2.40. The lowest BCUT2D eigenvalue weighted by atomic mass is 9.98. The molecule has 172 valence electrons. The molecule has 32 heavy (non-hydrogen) atoms. The number of para-hydroxylation sites is 1. The number of fused-ring (bicyclic) bond motifs is 1. The molecular weight excluding hydrogens is 453 g/mol. The molecular formula is C22H27Cl2N5O3. The van der Waals surface area contributed by atoms with Crippen LogP contribution in [0.5, 0.6) is 5.75 Å². The molecule has 1 aliphatic heterocycles. The molecule has 8 nitrogen and oxygen atoms in total. The maximum Gasteiger partial charge on any atom is 0.407 e. The summed E-state index contributed by atoms with van der Waals surface area (Å²) in [6.45, 7) is 7.92. The summed E-state index contributed by atoms with van der Waals surface area (Å²) in [7, 11) is 0. The first-order chi connectivity index (χ1) is 15.1. The van der Waals surface area contributed by atoms with Crippen LogP contribution in [0.1, 0.15) is 45.6 Å². The van der Waals surface area contributed by atoms with Gasteiger partial charge >= 0.3 is 6.09 Å². The quantitative estimate of drug-likeness (QED) is 0.389. The number of aromatic nitrogens is 2. The number of benzene rings is 1. The maximum atomic E-state index is 11.9. The first kappa shape index (κ1) is 24.1. The van der Waals surface area contributed by atoms with Crippen LogP contribution in [0, 0.1) is 0 Å². The van der Waals surface area contributed by atoms with Crippen molar-refractivity contribution in [3.05, 3.63) is 40.3 Å². The summed E-state index contributed by atoms with van der Waals surface area (Å²) >= 11 is 12.2. The van der Waals surface area contributed by atoms with Crippen molar-refractivity contribution in [3.8, 4) is 5.75 Å². The zero-order valence-corrected chi connectivity index (χ0v) is 20.0. The van der Waals surface area contributed by atoms with Gasteiger partial charge in [-0.1, -0.05) is 29.8 Å². The van der Waals surface area contributed by atoms with Crippen molar-refractivity contribution < 1.29 is 14.3 Å². The van der Waals surface area contributed by atoms with Gasteiger partial charge in [0.2, 0.25) is 5.28 Å². The molecule has 1 aromatic carbocycles. The zero-order chi connectivity index (χ0) is 23.3. The SMILES string of the molecule is CC(COc1c(Cl)nc(Cl)nc1NCCC1C=Nc2ccccc21)NC(=O)OC(C)(C)C. The minimum atomic E-state index is -0.584. The van der Waals surface area contributed by atoms with Gasteiger partial charge in [0.25, 0.3) is 0 Å². The molecule has 1 aromatic heterocycles. The molecule has 2 atom stereocenters. The number of carbonyl (C=O) groups excluding carboxylic acids is 1. The minimum absolute atomic E-state index is 0.0116. The van der Waals surface area contributed by atoms with Crippen molar-refractivity contribution in [2.45, 2.75) is 51.7 Å². The Kier molecular flexibility index (Phi) is 7.79. The fourth-order valence-electron chi connectivity index (χ4n) is 3.15. The van der Waals surface area contributed by atoms with Crippen molar-refractivity contribution >= 4 is 47.0 Å². The lowest BCUT2D eigenvalue weighted by Gasteiger charge is -2.22. The molecule has 1 amide bonds. The van der Waals surface area contributed by atoms with Crippen LogP contribution >= 0.6 is 23.2 Å². The predicted octanol–water partition coefficient (Wildman–Crippen LogP) is 5.38. The first-order valence-corrected chi connectivity index (χ1v) is 11.1. The fourth-order valence-corrected chi connectivity index (χ4v) is 3.59. The van der Waals surface area contributed by atoms with Crippen LogP contribution in [-0.2, 0) is 4.74 Å². The van der Waals surface area contributed by atoms with Crippen LogP contribution < -0.4 is 15.4 Å². The number of nitrogens with one attached hydrogen (secondary N) is 2. The largest absolute Gasteiger partial charge is 0.485 e. The Bertz CT molecular complexity index is 994. The average molecular weight is 480 g/mol. The second-order valence-corrected chi connectivity index (χ2v) is 9.17. The molecule has 0 bridgehead atoms. The van der Waals surface area contributed by atoms with Gasteiger partial charge in [-0.05, 0) is 57.3 Å². The topological polar surface area (TPSA) is 97.7 Å². The Morgan fingerprint density at radius 2 is 1.97 bits per heavy atom. The average Bonchev–Trinajstić information content (AvgIpc) is 3.09. The minimum Gasteiger partial charge on any atom is -0.485 e. The molecule has 0 saturated carbocycles. The number of anilines is 1. The molecule has 2 N–H and O–H groups in total. The van der Waals surface area contributed by atoms with Gasteiger partial charge in [-0.15, -0.1) is 0 Å². The Morgan fingerprint density at radius 3 is 2.72 bits per heavy atom. The molecule has 10 heteroatoms. The Labute approximate surface area is 197 Å². The van der Waals surface area contributed by atoms with Gasteiger partial charge in [0, 0.05) is 18.7 Å². The first-order valence-electron chi connectivity index (χ1n) is 10.3. The second kappa shape index (κ2) is 10.4. The van der Waals surface area contributed by atoms with Crippen molar-refractivity contribution in [3.63, 3.8) is 0 Å². The van der Waals surface area contributed by atoms with Crippen molar-refractivity contribution in [1.82, 2.24) is 15.3 Å². The van der Waals surface area contributed by atoms with Crippen molar-refractivity contribution in [1.29, 1.82) is 0 Å². The van der Waals surface area contributed by atoms with Crippen LogP contribution in [0.15, 0.2) is 29.3 Å². The molecule has 1 aliphatic rings. The molecule has 0 fully saturated rings. The van der Waals surface area contributed by atoms with Crippen LogP contribution in [-0.4, -0.2) is 47.1 Å². The van der Waals surface area contributed by atoms with Gasteiger partial charge < -0.3 is 20.1 Å². The van der Waals surface area contributed by atoms with Gasteiger partial charge in [0.05, 0.1) is 11.7 Å². The molecule has 2 aromatic rings. The van der Waals surface area contributed by atoms with E-state index in [1.165, 1.54) is 5.56 Å². The highest BCUT2D eigenvalue weighted by atomic mass is 35.5. The van der Waals surface area contributed by atoms with E-state index in [4.69, 9.17) is 32.7 Å². The number of carbonyl (C=O) groups is 1. The van der Waals surface area contributed by atoms with Crippen LogP contribution in [0.2, 0.25) is 10.4 Å². The van der Waals surface area contributed by atoms with E-state index in [2.05, 4.69) is 31.7 Å². The van der Waals surface area contributed by atoms with E-state index >= 15 is 0 Å². The number of nitrogens with zero attached hydrogens (tertiary/aromatic N) is 3. The molecule has 0 saturated heterocycles. The second-order valence-electron chi connectivity index (χ2n) is 8.48. The van der Waals surface area contributed by atoms with Gasteiger partial charge in [0.15, 0.2) is 16.7 Å². The molecule has 3 rings (SSSR count). The third-order valence-electron chi connectivity index (χ3n) is 4.52. The molecule has 2 unspecified atom stereocenters. The normalized spacial score (nSPS) is 15.8. The van der Waals surface area contributed by atoms with Gasteiger partial charge in [-0.25, -0.2) is 9.78 Å². The summed E-state index contributed by atoms with van der Waals surface area (Å²) in [5.41, 5.74) is 1.62. The highest BCUT2D eigenvalue weighted by molar-refractivity contribution is 6.33. The van der Waals surface area contributed by atoms with Crippen LogP contribution in [0.4, 0.5) is 16.3 Å². The van der Waals surface area contributed by atoms with E-state index in [1.54, 1.807) is 27.7 Å². The van der Waals surface area contributed by atoms with E-state index in [0.717, 1.165) is 12.1 Å². The maximum absolute atomic E-state index is 11.9. The summed E-state index contributed by atoms with van der Waals surface area (Å²) in [5, 5.41) is 6.04. The number of aliphatic imine (C=N–C) groups is 1. The molecule has 0 radical (unpaired) electrons. The number of hydrogen-bond donors (Lipinski definition) is 2. The Hall–Kier alpha value is -2.58. The van der Waals surface area contributed by atoms with E-state index in [-0.39, 0.29) is 34.8 Å². The van der Waals surface area contributed by atoms with E-state index < -0.39 is 11.7 Å². The fraction of sp³-hybridized carbons (Fsp3) is 0.455. The highest BCUT2D eigenvalue weighted by Gasteiger charge is 2.21. The number of rotatable bonds is 8. The summed E-state index contributed by atoms with van der Waals surface area (Å²) in [6.07, 6.45) is 2.23. The molecule has 0 aliphatic carbocycles.